The van der Waals surface area contributed by atoms with Crippen molar-refractivity contribution in [1.82, 2.24) is 0 Å². The van der Waals surface area contributed by atoms with Crippen molar-refractivity contribution in [2.75, 3.05) is 0 Å². The highest BCUT2D eigenvalue weighted by Crippen LogP contribution is 2.18. The fourth-order valence-corrected chi connectivity index (χ4v) is 1.92. The second-order valence-electron chi connectivity index (χ2n) is 3.94. The van der Waals surface area contributed by atoms with Crippen LogP contribution in [0.15, 0.2) is 12.2 Å². The van der Waals surface area contributed by atoms with Crippen molar-refractivity contribution in [3.05, 3.63) is 12.2 Å². The standard InChI is InChI=1S/C12H22/c1-2-12-10-8-6-4-3-5-7-9-11-12/h8,10,12H,2-7,9,11H2,1H3/b10-8-. The molecule has 12 heavy (non-hydrogen) atoms. The maximum absolute atomic E-state index is 2.45. The number of hydrogen-bond acceptors (Lipinski definition) is 0. The minimum atomic E-state index is 0.878. The summed E-state index contributed by atoms with van der Waals surface area (Å²) >= 11 is 0. The van der Waals surface area contributed by atoms with E-state index in [-0.39, 0.29) is 0 Å². The van der Waals surface area contributed by atoms with E-state index in [2.05, 4.69) is 19.1 Å². The molecule has 0 aliphatic heterocycles. The van der Waals surface area contributed by atoms with Gasteiger partial charge in [0.15, 0.2) is 0 Å². The van der Waals surface area contributed by atoms with Gasteiger partial charge in [0, 0.05) is 0 Å². The molecule has 1 aliphatic rings. The van der Waals surface area contributed by atoms with Gasteiger partial charge >= 0.3 is 0 Å². The Hall–Kier alpha value is -0.260. The van der Waals surface area contributed by atoms with Gasteiger partial charge in [0.2, 0.25) is 0 Å². The summed E-state index contributed by atoms with van der Waals surface area (Å²) in [6.07, 6.45) is 16.1. The maximum atomic E-state index is 2.45. The number of hydrogen-bond donors (Lipinski definition) is 0. The van der Waals surface area contributed by atoms with Crippen LogP contribution >= 0.6 is 0 Å². The molecule has 0 aromatic heterocycles. The highest BCUT2D eigenvalue weighted by molar-refractivity contribution is 4.88. The van der Waals surface area contributed by atoms with Gasteiger partial charge in [-0.3, -0.25) is 0 Å². The molecular formula is C12H22. The molecule has 0 N–H and O–H groups in total. The summed E-state index contributed by atoms with van der Waals surface area (Å²) in [4.78, 5) is 0. The van der Waals surface area contributed by atoms with Crippen LogP contribution in [0.3, 0.4) is 0 Å². The Labute approximate surface area is 77.1 Å². The summed E-state index contributed by atoms with van der Waals surface area (Å²) in [6, 6.07) is 0. The van der Waals surface area contributed by atoms with E-state index in [4.69, 9.17) is 0 Å². The average Bonchev–Trinajstić information content (AvgIpc) is 2.14. The first-order chi connectivity index (χ1) is 5.93. The molecule has 1 atom stereocenters. The Morgan fingerprint density at radius 3 is 2.67 bits per heavy atom. The van der Waals surface area contributed by atoms with Crippen molar-refractivity contribution in [2.45, 2.75) is 58.3 Å². The van der Waals surface area contributed by atoms with Gasteiger partial charge in [-0.15, -0.1) is 0 Å². The minimum Gasteiger partial charge on any atom is -0.0883 e. The van der Waals surface area contributed by atoms with Gasteiger partial charge in [-0.1, -0.05) is 44.8 Å². The molecule has 0 amide bonds. The smallest absolute Gasteiger partial charge is 0.0236 e. The first-order valence-corrected chi connectivity index (χ1v) is 5.60. The van der Waals surface area contributed by atoms with Crippen LogP contribution in [0.25, 0.3) is 0 Å². The SMILES string of the molecule is CCC1/C=C\CCCCCCC1. The summed E-state index contributed by atoms with van der Waals surface area (Å²) < 4.78 is 0. The third-order valence-corrected chi connectivity index (χ3v) is 2.88. The molecule has 1 aliphatic carbocycles. The predicted molar refractivity (Wildman–Crippen MR) is 55.2 cm³/mol. The van der Waals surface area contributed by atoms with Gasteiger partial charge in [0.1, 0.15) is 0 Å². The molecule has 0 aromatic carbocycles. The summed E-state index contributed by atoms with van der Waals surface area (Å²) in [6.45, 7) is 2.31. The van der Waals surface area contributed by atoms with E-state index in [1.807, 2.05) is 0 Å². The molecule has 0 spiro atoms. The Morgan fingerprint density at radius 2 is 1.83 bits per heavy atom. The zero-order chi connectivity index (χ0) is 8.65. The lowest BCUT2D eigenvalue weighted by Gasteiger charge is -2.11. The van der Waals surface area contributed by atoms with Gasteiger partial charge in [-0.25, -0.2) is 0 Å². The zero-order valence-electron chi connectivity index (χ0n) is 8.39. The van der Waals surface area contributed by atoms with E-state index in [9.17, 15) is 0 Å². The molecule has 0 fully saturated rings. The van der Waals surface area contributed by atoms with E-state index in [1.54, 1.807) is 0 Å². The molecular weight excluding hydrogens is 144 g/mol. The normalized spacial score (nSPS) is 29.6. The van der Waals surface area contributed by atoms with Crippen LogP contribution in [0.1, 0.15) is 58.3 Å². The van der Waals surface area contributed by atoms with E-state index in [0.717, 1.165) is 5.92 Å². The third kappa shape index (κ3) is 3.94. The van der Waals surface area contributed by atoms with Crippen molar-refractivity contribution < 1.29 is 0 Å². The van der Waals surface area contributed by atoms with Crippen molar-refractivity contribution in [3.8, 4) is 0 Å². The van der Waals surface area contributed by atoms with Gasteiger partial charge in [0.05, 0.1) is 0 Å². The fraction of sp³-hybridized carbons (Fsp3) is 0.833. The van der Waals surface area contributed by atoms with Crippen molar-refractivity contribution in [2.24, 2.45) is 5.92 Å². The minimum absolute atomic E-state index is 0.878. The number of allylic oxidation sites excluding steroid dienone is 2. The first kappa shape index (κ1) is 9.83. The Kier molecular flexibility index (Phi) is 5.14. The summed E-state index contributed by atoms with van der Waals surface area (Å²) in [5.41, 5.74) is 0. The van der Waals surface area contributed by atoms with Crippen LogP contribution in [-0.2, 0) is 0 Å². The van der Waals surface area contributed by atoms with Crippen molar-refractivity contribution >= 4 is 0 Å². The highest BCUT2D eigenvalue weighted by Gasteiger charge is 2.02. The van der Waals surface area contributed by atoms with Crippen LogP contribution in [0, 0.1) is 5.92 Å². The largest absolute Gasteiger partial charge is 0.0883 e. The molecule has 70 valence electrons. The van der Waals surface area contributed by atoms with E-state index < -0.39 is 0 Å². The monoisotopic (exact) mass is 166 g/mol. The quantitative estimate of drug-likeness (QED) is 0.509. The van der Waals surface area contributed by atoms with E-state index in [0.29, 0.717) is 0 Å². The molecule has 0 saturated heterocycles. The zero-order valence-corrected chi connectivity index (χ0v) is 8.39. The maximum Gasteiger partial charge on any atom is -0.0236 e. The van der Waals surface area contributed by atoms with Crippen LogP contribution in [-0.4, -0.2) is 0 Å². The molecule has 0 radical (unpaired) electrons. The van der Waals surface area contributed by atoms with Crippen LogP contribution in [0.2, 0.25) is 0 Å². The summed E-state index contributed by atoms with van der Waals surface area (Å²) in [7, 11) is 0. The summed E-state index contributed by atoms with van der Waals surface area (Å²) in [5, 5.41) is 0. The lowest BCUT2D eigenvalue weighted by Crippen LogP contribution is -1.95. The Balaban J connectivity index is 2.31. The highest BCUT2D eigenvalue weighted by atomic mass is 14.1. The van der Waals surface area contributed by atoms with Gasteiger partial charge in [-0.05, 0) is 31.6 Å². The second-order valence-corrected chi connectivity index (χ2v) is 3.94. The summed E-state index contributed by atoms with van der Waals surface area (Å²) in [5.74, 6) is 0.878. The first-order valence-electron chi connectivity index (χ1n) is 5.60. The van der Waals surface area contributed by atoms with Crippen molar-refractivity contribution in [1.29, 1.82) is 0 Å². The molecule has 0 saturated carbocycles. The predicted octanol–water partition coefficient (Wildman–Crippen LogP) is 4.31. The van der Waals surface area contributed by atoms with Crippen LogP contribution < -0.4 is 0 Å². The average molecular weight is 166 g/mol. The molecule has 0 aromatic rings. The van der Waals surface area contributed by atoms with Gasteiger partial charge in [-0.2, -0.15) is 0 Å². The molecule has 0 bridgehead atoms. The molecule has 1 unspecified atom stereocenters. The van der Waals surface area contributed by atoms with Crippen molar-refractivity contribution in [3.63, 3.8) is 0 Å². The van der Waals surface area contributed by atoms with Crippen LogP contribution in [0.5, 0.6) is 0 Å². The van der Waals surface area contributed by atoms with E-state index in [1.165, 1.54) is 51.4 Å². The van der Waals surface area contributed by atoms with Gasteiger partial charge in [0.25, 0.3) is 0 Å². The third-order valence-electron chi connectivity index (χ3n) is 2.88. The van der Waals surface area contributed by atoms with E-state index >= 15 is 0 Å². The molecule has 0 heteroatoms. The Morgan fingerprint density at radius 1 is 1.08 bits per heavy atom. The molecule has 0 heterocycles. The lowest BCUT2D eigenvalue weighted by molar-refractivity contribution is 0.502. The number of rotatable bonds is 1. The topological polar surface area (TPSA) is 0 Å². The lowest BCUT2D eigenvalue weighted by atomic mass is 9.95. The van der Waals surface area contributed by atoms with Gasteiger partial charge < -0.3 is 0 Å². The molecule has 0 nitrogen and oxygen atoms in total. The molecule has 1 rings (SSSR count). The fourth-order valence-electron chi connectivity index (χ4n) is 1.92. The Bertz CT molecular complexity index is 124. The van der Waals surface area contributed by atoms with Crippen LogP contribution in [0.4, 0.5) is 0 Å². The second kappa shape index (κ2) is 6.28.